The van der Waals surface area contributed by atoms with Gasteiger partial charge in [-0.05, 0) is 44.4 Å². The molecule has 3 heterocycles. The van der Waals surface area contributed by atoms with Crippen LogP contribution in [0.1, 0.15) is 50.2 Å². The molecule has 2 fully saturated rings. The SMILES string of the molecule is CC1c2nc(CC(=O)NCC3CC3)cn2CCN1CC1CCOCC1. The number of ether oxygens (including phenoxy) is 1. The highest BCUT2D eigenvalue weighted by Gasteiger charge is 2.29. The van der Waals surface area contributed by atoms with Crippen LogP contribution in [-0.2, 0) is 22.5 Å². The standard InChI is InChI=1S/C19H30N4O2/c1-14-19-21-17(10-18(24)20-11-15-2-3-15)13-23(19)7-6-22(14)12-16-4-8-25-9-5-16/h13-16H,2-12H2,1H3,(H,20,24). The monoisotopic (exact) mass is 346 g/mol. The quantitative estimate of drug-likeness (QED) is 0.853. The van der Waals surface area contributed by atoms with Gasteiger partial charge in [-0.2, -0.15) is 0 Å². The van der Waals surface area contributed by atoms with E-state index in [0.29, 0.717) is 12.5 Å². The average molecular weight is 346 g/mol. The second-order valence-corrected chi connectivity index (χ2v) is 7.93. The van der Waals surface area contributed by atoms with Gasteiger partial charge in [0.05, 0.1) is 18.2 Å². The predicted octanol–water partition coefficient (Wildman–Crippen LogP) is 1.75. The van der Waals surface area contributed by atoms with E-state index in [9.17, 15) is 4.79 Å². The Morgan fingerprint density at radius 1 is 1.24 bits per heavy atom. The smallest absolute Gasteiger partial charge is 0.226 e. The summed E-state index contributed by atoms with van der Waals surface area (Å²) in [5.74, 6) is 2.68. The number of nitrogens with zero attached hydrogens (tertiary/aromatic N) is 3. The molecule has 0 bridgehead atoms. The van der Waals surface area contributed by atoms with Crippen LogP contribution < -0.4 is 5.32 Å². The van der Waals surface area contributed by atoms with Gasteiger partial charge in [0.1, 0.15) is 5.82 Å². The van der Waals surface area contributed by atoms with Crippen molar-refractivity contribution in [1.29, 1.82) is 0 Å². The van der Waals surface area contributed by atoms with E-state index in [4.69, 9.17) is 9.72 Å². The van der Waals surface area contributed by atoms with Crippen molar-refractivity contribution in [1.82, 2.24) is 19.8 Å². The van der Waals surface area contributed by atoms with Crippen molar-refractivity contribution in [3.63, 3.8) is 0 Å². The van der Waals surface area contributed by atoms with Gasteiger partial charge in [0.2, 0.25) is 5.91 Å². The maximum absolute atomic E-state index is 12.1. The first-order valence-electron chi connectivity index (χ1n) is 9.83. The number of imidazole rings is 1. The number of rotatable bonds is 6. The Morgan fingerprint density at radius 2 is 2.04 bits per heavy atom. The molecule has 1 aromatic heterocycles. The van der Waals surface area contributed by atoms with Crippen molar-refractivity contribution >= 4 is 5.91 Å². The molecule has 6 heteroatoms. The molecule has 0 radical (unpaired) electrons. The van der Waals surface area contributed by atoms with Crippen molar-refractivity contribution in [3.8, 4) is 0 Å². The molecular formula is C19H30N4O2. The minimum Gasteiger partial charge on any atom is -0.381 e. The molecule has 4 rings (SSSR count). The number of hydrogen-bond donors (Lipinski definition) is 1. The average Bonchev–Trinajstić information content (AvgIpc) is 3.36. The molecule has 2 aliphatic heterocycles. The number of fused-ring (bicyclic) bond motifs is 1. The molecule has 25 heavy (non-hydrogen) atoms. The van der Waals surface area contributed by atoms with Crippen molar-refractivity contribution in [2.24, 2.45) is 11.8 Å². The number of amides is 1. The van der Waals surface area contributed by atoms with Gasteiger partial charge in [-0.15, -0.1) is 0 Å². The molecule has 1 aliphatic carbocycles. The van der Waals surface area contributed by atoms with Gasteiger partial charge in [-0.3, -0.25) is 9.69 Å². The molecule has 0 aromatic carbocycles. The Balaban J connectivity index is 1.34. The summed E-state index contributed by atoms with van der Waals surface area (Å²) in [6.07, 6.45) is 7.35. The molecule has 3 aliphatic rings. The Kier molecular flexibility index (Phi) is 5.08. The van der Waals surface area contributed by atoms with Crippen LogP contribution in [0.5, 0.6) is 0 Å². The zero-order valence-electron chi connectivity index (χ0n) is 15.2. The van der Waals surface area contributed by atoms with E-state index < -0.39 is 0 Å². The van der Waals surface area contributed by atoms with Crippen molar-refractivity contribution in [3.05, 3.63) is 17.7 Å². The molecule has 1 saturated carbocycles. The van der Waals surface area contributed by atoms with Crippen molar-refractivity contribution < 1.29 is 9.53 Å². The highest BCUT2D eigenvalue weighted by molar-refractivity contribution is 5.78. The van der Waals surface area contributed by atoms with E-state index in [1.807, 2.05) is 0 Å². The van der Waals surface area contributed by atoms with Crippen LogP contribution in [0.2, 0.25) is 0 Å². The highest BCUT2D eigenvalue weighted by Crippen LogP contribution is 2.28. The van der Waals surface area contributed by atoms with E-state index in [2.05, 4.69) is 27.9 Å². The second kappa shape index (κ2) is 7.46. The van der Waals surface area contributed by atoms with E-state index in [1.165, 1.54) is 25.7 Å². The lowest BCUT2D eigenvalue weighted by Gasteiger charge is -2.37. The number of carbonyl (C=O) groups excluding carboxylic acids is 1. The van der Waals surface area contributed by atoms with Crippen LogP contribution in [0, 0.1) is 11.8 Å². The Labute approximate surface area is 149 Å². The van der Waals surface area contributed by atoms with Crippen LogP contribution in [-0.4, -0.2) is 53.2 Å². The first-order valence-corrected chi connectivity index (χ1v) is 9.83. The molecule has 1 aromatic rings. The van der Waals surface area contributed by atoms with Crippen LogP contribution in [0.15, 0.2) is 6.20 Å². The Bertz CT molecular complexity index is 605. The van der Waals surface area contributed by atoms with Crippen LogP contribution in [0.4, 0.5) is 0 Å². The van der Waals surface area contributed by atoms with Crippen molar-refractivity contribution in [2.75, 3.05) is 32.8 Å². The number of carbonyl (C=O) groups is 1. The fraction of sp³-hybridized carbons (Fsp3) is 0.789. The molecule has 1 unspecified atom stereocenters. The summed E-state index contributed by atoms with van der Waals surface area (Å²) in [7, 11) is 0. The van der Waals surface area contributed by atoms with Crippen LogP contribution in [0.3, 0.4) is 0 Å². The Hall–Kier alpha value is -1.40. The maximum Gasteiger partial charge on any atom is 0.226 e. The van der Waals surface area contributed by atoms with Gasteiger partial charge < -0.3 is 14.6 Å². The first-order chi connectivity index (χ1) is 12.2. The van der Waals surface area contributed by atoms with E-state index >= 15 is 0 Å². The Morgan fingerprint density at radius 3 is 2.80 bits per heavy atom. The number of hydrogen-bond acceptors (Lipinski definition) is 4. The molecule has 138 valence electrons. The van der Waals surface area contributed by atoms with Crippen molar-refractivity contribution in [2.45, 2.75) is 51.6 Å². The summed E-state index contributed by atoms with van der Waals surface area (Å²) in [4.78, 5) is 19.4. The molecular weight excluding hydrogens is 316 g/mol. The molecule has 1 N–H and O–H groups in total. The third kappa shape index (κ3) is 4.23. The fourth-order valence-corrected chi connectivity index (χ4v) is 3.99. The normalized spacial score (nSPS) is 24.9. The third-order valence-corrected chi connectivity index (χ3v) is 5.87. The summed E-state index contributed by atoms with van der Waals surface area (Å²) >= 11 is 0. The summed E-state index contributed by atoms with van der Waals surface area (Å²) in [5, 5.41) is 3.04. The van der Waals surface area contributed by atoms with Gasteiger partial charge in [0.15, 0.2) is 0 Å². The van der Waals surface area contributed by atoms with E-state index in [1.54, 1.807) is 0 Å². The predicted molar refractivity (Wildman–Crippen MR) is 95.2 cm³/mol. The summed E-state index contributed by atoms with van der Waals surface area (Å²) in [6, 6.07) is 0.319. The largest absolute Gasteiger partial charge is 0.381 e. The van der Waals surface area contributed by atoms with Gasteiger partial charge >= 0.3 is 0 Å². The molecule has 1 saturated heterocycles. The fourth-order valence-electron chi connectivity index (χ4n) is 3.99. The number of nitrogens with one attached hydrogen (secondary N) is 1. The van der Waals surface area contributed by atoms with E-state index in [-0.39, 0.29) is 5.91 Å². The molecule has 6 nitrogen and oxygen atoms in total. The minimum absolute atomic E-state index is 0.106. The zero-order chi connectivity index (χ0) is 17.2. The second-order valence-electron chi connectivity index (χ2n) is 7.93. The molecule has 1 atom stereocenters. The summed E-state index contributed by atoms with van der Waals surface area (Å²) in [6.45, 7) is 8.06. The topological polar surface area (TPSA) is 59.4 Å². The van der Waals surface area contributed by atoms with Crippen LogP contribution >= 0.6 is 0 Å². The minimum atomic E-state index is 0.106. The zero-order valence-corrected chi connectivity index (χ0v) is 15.2. The van der Waals surface area contributed by atoms with Crippen LogP contribution in [0.25, 0.3) is 0 Å². The number of aromatic nitrogens is 2. The lowest BCUT2D eigenvalue weighted by Crippen LogP contribution is -2.40. The van der Waals surface area contributed by atoms with Gasteiger partial charge in [-0.1, -0.05) is 0 Å². The maximum atomic E-state index is 12.1. The van der Waals surface area contributed by atoms with Gasteiger partial charge in [-0.25, -0.2) is 4.98 Å². The lowest BCUT2D eigenvalue weighted by molar-refractivity contribution is -0.120. The van der Waals surface area contributed by atoms with E-state index in [0.717, 1.165) is 62.7 Å². The molecule has 0 spiro atoms. The third-order valence-electron chi connectivity index (χ3n) is 5.87. The summed E-state index contributed by atoms with van der Waals surface area (Å²) < 4.78 is 7.72. The van der Waals surface area contributed by atoms with Gasteiger partial charge in [0.25, 0.3) is 0 Å². The molecule has 1 amide bonds. The lowest BCUT2D eigenvalue weighted by atomic mass is 9.98. The highest BCUT2D eigenvalue weighted by atomic mass is 16.5. The first kappa shape index (κ1) is 17.0. The van der Waals surface area contributed by atoms with Gasteiger partial charge in [0, 0.05) is 45.6 Å². The summed E-state index contributed by atoms with van der Waals surface area (Å²) in [5.41, 5.74) is 0.906.